The Kier molecular flexibility index (Phi) is 5.16. The second-order valence-corrected chi connectivity index (χ2v) is 9.09. The van der Waals surface area contributed by atoms with E-state index in [0.717, 1.165) is 11.1 Å². The van der Waals surface area contributed by atoms with Crippen molar-refractivity contribution in [3.63, 3.8) is 0 Å². The van der Waals surface area contributed by atoms with Crippen molar-refractivity contribution < 1.29 is 13.2 Å². The summed E-state index contributed by atoms with van der Waals surface area (Å²) < 4.78 is 23.8. The molecule has 0 unspecified atom stereocenters. The Bertz CT molecular complexity index is 878. The fourth-order valence-corrected chi connectivity index (χ4v) is 5.01. The van der Waals surface area contributed by atoms with E-state index in [2.05, 4.69) is 0 Å². The third-order valence-corrected chi connectivity index (χ3v) is 6.57. The van der Waals surface area contributed by atoms with E-state index >= 15 is 0 Å². The van der Waals surface area contributed by atoms with Crippen LogP contribution in [0.5, 0.6) is 0 Å². The van der Waals surface area contributed by atoms with Gasteiger partial charge in [0, 0.05) is 12.6 Å². The standard InChI is InChI=1S/C19H20ClNO3S/c1-14-6-8-15(9-7-14)12-21(16-10-11-25(23,24)13-16)19(22)17-4-2-3-5-18(17)20/h2-9,16H,10-13H2,1H3/t16-/m0/s1. The minimum atomic E-state index is -3.09. The Morgan fingerprint density at radius 2 is 1.84 bits per heavy atom. The number of hydrogen-bond acceptors (Lipinski definition) is 3. The number of aryl methyl sites for hydroxylation is 1. The SMILES string of the molecule is Cc1ccc(CN(C(=O)c2ccccc2Cl)[C@H]2CCS(=O)(=O)C2)cc1. The number of amides is 1. The summed E-state index contributed by atoms with van der Waals surface area (Å²) in [6.45, 7) is 2.37. The summed E-state index contributed by atoms with van der Waals surface area (Å²) in [5.74, 6) is -0.0966. The predicted molar refractivity (Wildman–Crippen MR) is 99.6 cm³/mol. The molecule has 6 heteroatoms. The van der Waals surface area contributed by atoms with Gasteiger partial charge in [0.1, 0.15) is 0 Å². The summed E-state index contributed by atoms with van der Waals surface area (Å²) in [7, 11) is -3.09. The van der Waals surface area contributed by atoms with Crippen LogP contribution in [0.15, 0.2) is 48.5 Å². The van der Waals surface area contributed by atoms with Gasteiger partial charge in [0.15, 0.2) is 9.84 Å². The summed E-state index contributed by atoms with van der Waals surface area (Å²) in [6.07, 6.45) is 0.463. The van der Waals surface area contributed by atoms with Crippen LogP contribution in [0.4, 0.5) is 0 Å². The average Bonchev–Trinajstić information content (AvgIpc) is 2.94. The smallest absolute Gasteiger partial charge is 0.255 e. The van der Waals surface area contributed by atoms with Gasteiger partial charge in [-0.1, -0.05) is 53.6 Å². The van der Waals surface area contributed by atoms with E-state index in [0.29, 0.717) is 23.6 Å². The van der Waals surface area contributed by atoms with Crippen LogP contribution in [0, 0.1) is 6.92 Å². The Balaban J connectivity index is 1.92. The van der Waals surface area contributed by atoms with Gasteiger partial charge in [0.25, 0.3) is 5.91 Å². The zero-order valence-corrected chi connectivity index (χ0v) is 15.6. The molecule has 1 heterocycles. The Hall–Kier alpha value is -1.85. The van der Waals surface area contributed by atoms with Crippen LogP contribution < -0.4 is 0 Å². The van der Waals surface area contributed by atoms with Crippen molar-refractivity contribution in [2.24, 2.45) is 0 Å². The number of carbonyl (C=O) groups is 1. The van der Waals surface area contributed by atoms with Crippen LogP contribution in [0.25, 0.3) is 0 Å². The Morgan fingerprint density at radius 1 is 1.16 bits per heavy atom. The minimum absolute atomic E-state index is 0.00898. The minimum Gasteiger partial charge on any atom is -0.330 e. The highest BCUT2D eigenvalue weighted by molar-refractivity contribution is 7.91. The van der Waals surface area contributed by atoms with Gasteiger partial charge < -0.3 is 4.90 Å². The summed E-state index contributed by atoms with van der Waals surface area (Å²) in [4.78, 5) is 14.7. The van der Waals surface area contributed by atoms with Crippen molar-refractivity contribution in [3.05, 3.63) is 70.2 Å². The number of benzene rings is 2. The second-order valence-electron chi connectivity index (χ2n) is 6.46. The van der Waals surface area contributed by atoms with Gasteiger partial charge in [-0.2, -0.15) is 0 Å². The molecule has 4 nitrogen and oxygen atoms in total. The van der Waals surface area contributed by atoms with E-state index in [-0.39, 0.29) is 23.5 Å². The van der Waals surface area contributed by atoms with E-state index in [1.54, 1.807) is 29.2 Å². The van der Waals surface area contributed by atoms with Crippen molar-refractivity contribution in [3.8, 4) is 0 Å². The number of nitrogens with zero attached hydrogens (tertiary/aromatic N) is 1. The summed E-state index contributed by atoms with van der Waals surface area (Å²) in [5.41, 5.74) is 2.51. The maximum Gasteiger partial charge on any atom is 0.255 e. The molecule has 1 fully saturated rings. The van der Waals surface area contributed by atoms with Crippen molar-refractivity contribution in [2.75, 3.05) is 11.5 Å². The molecule has 0 aromatic heterocycles. The summed E-state index contributed by atoms with van der Waals surface area (Å²) in [6, 6.07) is 14.4. The lowest BCUT2D eigenvalue weighted by atomic mass is 10.1. The molecule has 0 radical (unpaired) electrons. The second kappa shape index (κ2) is 7.18. The highest BCUT2D eigenvalue weighted by Gasteiger charge is 2.35. The number of halogens is 1. The molecule has 1 saturated heterocycles. The third kappa shape index (κ3) is 4.22. The summed E-state index contributed by atoms with van der Waals surface area (Å²) >= 11 is 6.18. The lowest BCUT2D eigenvalue weighted by Crippen LogP contribution is -2.40. The average molecular weight is 378 g/mol. The molecule has 0 aliphatic carbocycles. The molecule has 1 amide bonds. The van der Waals surface area contributed by atoms with Crippen LogP contribution in [0.1, 0.15) is 27.9 Å². The van der Waals surface area contributed by atoms with Crippen LogP contribution >= 0.6 is 11.6 Å². The fraction of sp³-hybridized carbons (Fsp3) is 0.316. The maximum atomic E-state index is 13.1. The summed E-state index contributed by atoms with van der Waals surface area (Å²) in [5, 5.41) is 0.377. The molecule has 2 aromatic rings. The molecule has 1 aliphatic rings. The first kappa shape index (κ1) is 18.0. The first-order valence-electron chi connectivity index (χ1n) is 8.17. The van der Waals surface area contributed by atoms with E-state index in [1.807, 2.05) is 31.2 Å². The highest BCUT2D eigenvalue weighted by atomic mass is 35.5. The van der Waals surface area contributed by atoms with E-state index in [4.69, 9.17) is 11.6 Å². The molecule has 1 aliphatic heterocycles. The van der Waals surface area contributed by atoms with Crippen LogP contribution in [0.2, 0.25) is 5.02 Å². The van der Waals surface area contributed by atoms with E-state index < -0.39 is 9.84 Å². The quantitative estimate of drug-likeness (QED) is 0.819. The fourth-order valence-electron chi connectivity index (χ4n) is 3.07. The molecule has 132 valence electrons. The zero-order chi connectivity index (χ0) is 18.0. The van der Waals surface area contributed by atoms with Crippen molar-refractivity contribution in [2.45, 2.75) is 25.9 Å². The number of carbonyl (C=O) groups excluding carboxylic acids is 1. The normalized spacial score (nSPS) is 18.9. The zero-order valence-electron chi connectivity index (χ0n) is 14.0. The molecule has 1 atom stereocenters. The molecular weight excluding hydrogens is 358 g/mol. The van der Waals surface area contributed by atoms with Gasteiger partial charge >= 0.3 is 0 Å². The van der Waals surface area contributed by atoms with Crippen molar-refractivity contribution in [1.82, 2.24) is 4.90 Å². The predicted octanol–water partition coefficient (Wildman–Crippen LogP) is 3.48. The largest absolute Gasteiger partial charge is 0.330 e. The Morgan fingerprint density at radius 3 is 2.44 bits per heavy atom. The van der Waals surface area contributed by atoms with Crippen LogP contribution in [0.3, 0.4) is 0 Å². The first-order valence-corrected chi connectivity index (χ1v) is 10.4. The van der Waals surface area contributed by atoms with Crippen LogP contribution in [-0.2, 0) is 16.4 Å². The van der Waals surface area contributed by atoms with E-state index in [1.165, 1.54) is 0 Å². The lowest BCUT2D eigenvalue weighted by molar-refractivity contribution is 0.0681. The molecule has 0 N–H and O–H groups in total. The molecular formula is C19H20ClNO3S. The Labute approximate surface area is 153 Å². The molecule has 2 aromatic carbocycles. The number of sulfone groups is 1. The maximum absolute atomic E-state index is 13.1. The number of rotatable bonds is 4. The van der Waals surface area contributed by atoms with Crippen molar-refractivity contribution in [1.29, 1.82) is 0 Å². The van der Waals surface area contributed by atoms with Gasteiger partial charge in [-0.3, -0.25) is 4.79 Å². The van der Waals surface area contributed by atoms with Gasteiger partial charge in [0.2, 0.25) is 0 Å². The molecule has 0 saturated carbocycles. The van der Waals surface area contributed by atoms with E-state index in [9.17, 15) is 13.2 Å². The first-order chi connectivity index (χ1) is 11.9. The third-order valence-electron chi connectivity index (χ3n) is 4.49. The molecule has 25 heavy (non-hydrogen) atoms. The molecule has 0 spiro atoms. The van der Waals surface area contributed by atoms with Gasteiger partial charge in [0.05, 0.1) is 22.1 Å². The lowest BCUT2D eigenvalue weighted by Gasteiger charge is -2.29. The molecule has 0 bridgehead atoms. The van der Waals surface area contributed by atoms with Gasteiger partial charge in [-0.05, 0) is 31.0 Å². The van der Waals surface area contributed by atoms with Gasteiger partial charge in [-0.25, -0.2) is 8.42 Å². The topological polar surface area (TPSA) is 54.5 Å². The van der Waals surface area contributed by atoms with Crippen molar-refractivity contribution >= 4 is 27.3 Å². The highest BCUT2D eigenvalue weighted by Crippen LogP contribution is 2.25. The number of hydrogen-bond donors (Lipinski definition) is 0. The monoisotopic (exact) mass is 377 g/mol. The van der Waals surface area contributed by atoms with Crippen LogP contribution in [-0.4, -0.2) is 36.8 Å². The molecule has 3 rings (SSSR count). The van der Waals surface area contributed by atoms with Gasteiger partial charge in [-0.15, -0.1) is 0 Å².